The third-order valence-corrected chi connectivity index (χ3v) is 7.29. The molecule has 2 aromatic carbocycles. The van der Waals surface area contributed by atoms with Gasteiger partial charge in [-0.2, -0.15) is 0 Å². The Morgan fingerprint density at radius 1 is 1.09 bits per heavy atom. The quantitative estimate of drug-likeness (QED) is 0.391. The first-order valence-electron chi connectivity index (χ1n) is 9.36. The van der Waals surface area contributed by atoms with E-state index in [0.29, 0.717) is 9.92 Å². The van der Waals surface area contributed by atoms with Crippen molar-refractivity contribution in [2.75, 3.05) is 6.61 Å². The standard InChI is InChI=1S/C20H17Cl2F3N2O4S/c21-9-2-1-3-14(15(9)22)32-20-19(30)17(18(29)13(7-28)31-20)27-6-12(26-27)8-4-10(23)16(25)11(24)5-8/h1-6,13,17-20,26,28-30H,7H2/t13?,17?,18-,19?,20+/m0/s1. The minimum absolute atomic E-state index is 0.0454. The number of hydrogen-bond acceptors (Lipinski definition) is 5. The van der Waals surface area contributed by atoms with Crippen molar-refractivity contribution < 1.29 is 33.2 Å². The number of hydrogen-bond donors (Lipinski definition) is 4. The van der Waals surface area contributed by atoms with Gasteiger partial charge < -0.3 is 20.1 Å². The van der Waals surface area contributed by atoms with Crippen molar-refractivity contribution in [1.82, 2.24) is 9.78 Å². The smallest absolute Gasteiger partial charge is 0.194 e. The first-order chi connectivity index (χ1) is 15.2. The summed E-state index contributed by atoms with van der Waals surface area (Å²) in [4.78, 5) is 0.528. The number of thioether (sulfide) groups is 1. The second-order valence-corrected chi connectivity index (χ2v) is 9.11. The number of aliphatic hydroxyl groups excluding tert-OH is 3. The lowest BCUT2D eigenvalue weighted by atomic mass is 9.97. The van der Waals surface area contributed by atoms with Crippen molar-refractivity contribution >= 4 is 35.0 Å². The number of benzene rings is 2. The number of rotatable bonds is 5. The summed E-state index contributed by atoms with van der Waals surface area (Å²) in [6, 6.07) is 5.61. The zero-order chi connectivity index (χ0) is 23.2. The van der Waals surface area contributed by atoms with Gasteiger partial charge in [-0.25, -0.2) is 13.2 Å². The van der Waals surface area contributed by atoms with Crippen molar-refractivity contribution in [1.29, 1.82) is 0 Å². The van der Waals surface area contributed by atoms with Crippen LogP contribution in [0.3, 0.4) is 0 Å². The summed E-state index contributed by atoms with van der Waals surface area (Å²) in [5, 5.41) is 34.5. The van der Waals surface area contributed by atoms with E-state index in [9.17, 15) is 28.5 Å². The van der Waals surface area contributed by atoms with Gasteiger partial charge in [-0.3, -0.25) is 9.78 Å². The average molecular weight is 509 g/mol. The van der Waals surface area contributed by atoms with Crippen molar-refractivity contribution in [3.8, 4) is 11.3 Å². The molecule has 1 aliphatic heterocycles. The highest BCUT2D eigenvalue weighted by Crippen LogP contribution is 2.42. The minimum Gasteiger partial charge on any atom is -0.394 e. The number of aromatic nitrogens is 2. The molecular formula is C20H17Cl2F3N2O4S. The average Bonchev–Trinajstić information content (AvgIpc) is 2.72. The molecule has 2 heterocycles. The third kappa shape index (κ3) is 4.28. The van der Waals surface area contributed by atoms with Gasteiger partial charge in [-0.1, -0.05) is 41.0 Å². The van der Waals surface area contributed by atoms with E-state index in [1.165, 1.54) is 10.9 Å². The number of aromatic amines is 1. The number of aliphatic hydroxyl groups is 3. The van der Waals surface area contributed by atoms with E-state index in [-0.39, 0.29) is 16.3 Å². The Hall–Kier alpha value is -1.66. The molecule has 0 spiro atoms. The zero-order valence-electron chi connectivity index (χ0n) is 16.1. The van der Waals surface area contributed by atoms with Crippen LogP contribution in [0, 0.1) is 17.5 Å². The van der Waals surface area contributed by atoms with Crippen LogP contribution in [0.2, 0.25) is 10.0 Å². The van der Waals surface area contributed by atoms with Crippen LogP contribution in [0.25, 0.3) is 11.3 Å². The summed E-state index contributed by atoms with van der Waals surface area (Å²) in [5.74, 6) is -4.27. The summed E-state index contributed by atoms with van der Waals surface area (Å²) in [7, 11) is 0. The van der Waals surface area contributed by atoms with Crippen LogP contribution >= 0.6 is 35.0 Å². The van der Waals surface area contributed by atoms with Crippen LogP contribution < -0.4 is 0 Å². The van der Waals surface area contributed by atoms with Gasteiger partial charge in [0.25, 0.3) is 0 Å². The molecule has 1 saturated heterocycles. The first-order valence-corrected chi connectivity index (χ1v) is 11.0. The van der Waals surface area contributed by atoms with E-state index in [1.54, 1.807) is 18.2 Å². The van der Waals surface area contributed by atoms with Gasteiger partial charge in [-0.05, 0) is 24.3 Å². The first kappa shape index (κ1) is 23.5. The van der Waals surface area contributed by atoms with Crippen LogP contribution in [0.5, 0.6) is 0 Å². The van der Waals surface area contributed by atoms with E-state index < -0.39 is 53.8 Å². The molecule has 0 saturated carbocycles. The largest absolute Gasteiger partial charge is 0.394 e. The zero-order valence-corrected chi connectivity index (χ0v) is 18.4. The number of halogens is 5. The van der Waals surface area contributed by atoms with E-state index in [1.807, 2.05) is 0 Å². The topological polar surface area (TPSA) is 90.6 Å². The fourth-order valence-corrected chi connectivity index (χ4v) is 5.09. The van der Waals surface area contributed by atoms with Crippen molar-refractivity contribution in [2.45, 2.75) is 34.7 Å². The molecule has 3 aromatic rings. The summed E-state index contributed by atoms with van der Waals surface area (Å²) >= 11 is 13.3. The number of nitrogens with one attached hydrogen (secondary N) is 1. The number of nitrogens with zero attached hydrogens (tertiary/aromatic N) is 1. The molecule has 0 aliphatic carbocycles. The Morgan fingerprint density at radius 2 is 1.75 bits per heavy atom. The van der Waals surface area contributed by atoms with Crippen LogP contribution in [-0.2, 0) is 4.74 Å². The van der Waals surface area contributed by atoms with Crippen LogP contribution in [0.4, 0.5) is 13.2 Å². The minimum atomic E-state index is -1.58. The highest BCUT2D eigenvalue weighted by molar-refractivity contribution is 8.00. The molecule has 4 N–H and O–H groups in total. The van der Waals surface area contributed by atoms with E-state index in [4.69, 9.17) is 27.9 Å². The predicted octanol–water partition coefficient (Wildman–Crippen LogP) is 3.98. The highest BCUT2D eigenvalue weighted by atomic mass is 35.5. The molecule has 0 radical (unpaired) electrons. The molecule has 1 aliphatic rings. The van der Waals surface area contributed by atoms with Gasteiger partial charge in [0.05, 0.1) is 22.3 Å². The monoisotopic (exact) mass is 508 g/mol. The maximum absolute atomic E-state index is 13.5. The molecule has 0 amide bonds. The Bertz CT molecular complexity index is 1090. The SMILES string of the molecule is OCC1O[C@H](Sc2cccc(Cl)c2Cl)C(O)C(n2cc(-c3cc(F)c(F)c(F)c3)[nH]2)[C@H]1O. The molecule has 4 rings (SSSR count). The maximum atomic E-state index is 13.5. The van der Waals surface area contributed by atoms with E-state index in [2.05, 4.69) is 5.10 Å². The van der Waals surface area contributed by atoms with Crippen molar-refractivity contribution in [3.63, 3.8) is 0 Å². The Balaban J connectivity index is 1.60. The lowest BCUT2D eigenvalue weighted by Gasteiger charge is -2.43. The Morgan fingerprint density at radius 3 is 2.38 bits per heavy atom. The molecular weight excluding hydrogens is 492 g/mol. The molecule has 32 heavy (non-hydrogen) atoms. The van der Waals surface area contributed by atoms with E-state index in [0.717, 1.165) is 23.9 Å². The summed E-state index contributed by atoms with van der Waals surface area (Å²) < 4.78 is 47.2. The maximum Gasteiger partial charge on any atom is 0.194 e. The van der Waals surface area contributed by atoms with Gasteiger partial charge in [0.15, 0.2) is 17.5 Å². The normalized spacial score (nSPS) is 25.9. The summed E-state index contributed by atoms with van der Waals surface area (Å²) in [6.07, 6.45) is -2.22. The number of H-pyrrole nitrogens is 1. The Labute approximate surface area is 194 Å². The molecule has 5 atom stereocenters. The molecule has 6 nitrogen and oxygen atoms in total. The fraction of sp³-hybridized carbons (Fsp3) is 0.300. The van der Waals surface area contributed by atoms with Crippen molar-refractivity contribution in [2.24, 2.45) is 0 Å². The lowest BCUT2D eigenvalue weighted by molar-refractivity contribution is -0.179. The molecule has 0 bridgehead atoms. The van der Waals surface area contributed by atoms with Gasteiger partial charge in [0.1, 0.15) is 29.8 Å². The van der Waals surface area contributed by atoms with Crippen molar-refractivity contribution in [3.05, 3.63) is 64.0 Å². The second-order valence-electron chi connectivity index (χ2n) is 7.18. The third-order valence-electron chi connectivity index (χ3n) is 5.14. The predicted molar refractivity (Wildman–Crippen MR) is 113 cm³/mol. The van der Waals surface area contributed by atoms with E-state index >= 15 is 0 Å². The van der Waals surface area contributed by atoms with Gasteiger partial charge >= 0.3 is 0 Å². The molecule has 12 heteroatoms. The highest BCUT2D eigenvalue weighted by Gasteiger charge is 2.46. The second kappa shape index (κ2) is 9.30. The van der Waals surface area contributed by atoms with Gasteiger partial charge in [0.2, 0.25) is 0 Å². The number of ether oxygens (including phenoxy) is 1. The summed E-state index contributed by atoms with van der Waals surface area (Å²) in [5.41, 5.74) is -0.642. The summed E-state index contributed by atoms with van der Waals surface area (Å²) in [6.45, 7) is -0.524. The fourth-order valence-electron chi connectivity index (χ4n) is 3.48. The molecule has 3 unspecified atom stereocenters. The van der Waals surface area contributed by atoms with Gasteiger partial charge in [0, 0.05) is 16.7 Å². The van der Waals surface area contributed by atoms with Crippen LogP contribution in [-0.4, -0.2) is 55.5 Å². The lowest BCUT2D eigenvalue weighted by Crippen LogP contribution is -2.55. The van der Waals surface area contributed by atoms with Crippen LogP contribution in [0.1, 0.15) is 6.04 Å². The Kier molecular flexibility index (Phi) is 6.83. The van der Waals surface area contributed by atoms with Crippen LogP contribution in [0.15, 0.2) is 41.4 Å². The molecule has 172 valence electrons. The molecule has 1 fully saturated rings. The van der Waals surface area contributed by atoms with Gasteiger partial charge in [-0.15, -0.1) is 0 Å². The molecule has 1 aromatic heterocycles.